The second-order valence-electron chi connectivity index (χ2n) is 2.99. The Hall–Kier alpha value is -1.22. The van der Waals surface area contributed by atoms with E-state index in [1.54, 1.807) is 6.08 Å². The summed E-state index contributed by atoms with van der Waals surface area (Å²) in [5.74, 6) is -0.788. The first-order valence-electron chi connectivity index (χ1n) is 4.49. The molecule has 0 saturated carbocycles. The van der Waals surface area contributed by atoms with E-state index in [4.69, 9.17) is 0 Å². The van der Waals surface area contributed by atoms with Crippen LogP contribution in [0.4, 0.5) is 8.78 Å². The topological polar surface area (TPSA) is 12.0 Å². The summed E-state index contributed by atoms with van der Waals surface area (Å²) in [5, 5.41) is 2.99. The van der Waals surface area contributed by atoms with Crippen LogP contribution >= 0.6 is 0 Å². The van der Waals surface area contributed by atoms with Crippen molar-refractivity contribution >= 4 is 0 Å². The van der Waals surface area contributed by atoms with Crippen LogP contribution < -0.4 is 5.32 Å². The Kier molecular flexibility index (Phi) is 4.26. The quantitative estimate of drug-likeness (QED) is 0.565. The molecule has 0 fully saturated rings. The normalized spacial score (nSPS) is 10.1. The highest BCUT2D eigenvalue weighted by Gasteiger charge is 2.02. The molecular weight excluding hydrogens is 184 g/mol. The Morgan fingerprint density at radius 2 is 2.14 bits per heavy atom. The number of halogens is 2. The molecule has 1 aromatic carbocycles. The predicted octanol–water partition coefficient (Wildman–Crippen LogP) is 2.63. The summed E-state index contributed by atoms with van der Waals surface area (Å²) < 4.78 is 25.8. The Labute approximate surface area is 82.4 Å². The molecule has 0 aliphatic carbocycles. The van der Waals surface area contributed by atoms with Gasteiger partial charge < -0.3 is 5.32 Å². The van der Waals surface area contributed by atoms with Crippen LogP contribution in [0.15, 0.2) is 30.9 Å². The summed E-state index contributed by atoms with van der Waals surface area (Å²) in [6.45, 7) is 4.63. The molecule has 0 atom stereocenters. The summed E-state index contributed by atoms with van der Waals surface area (Å²) in [7, 11) is 0. The van der Waals surface area contributed by atoms with Crippen LogP contribution in [0.3, 0.4) is 0 Å². The standard InChI is InChI=1S/C11H13F2N/c1-2-3-6-14-8-9-7-10(12)4-5-11(9)13/h2,4-5,7,14H,1,3,6,8H2. The van der Waals surface area contributed by atoms with Crippen LogP contribution in [-0.4, -0.2) is 6.54 Å². The van der Waals surface area contributed by atoms with E-state index < -0.39 is 5.82 Å². The minimum atomic E-state index is -0.410. The molecule has 0 saturated heterocycles. The van der Waals surface area contributed by atoms with Crippen molar-refractivity contribution in [2.45, 2.75) is 13.0 Å². The van der Waals surface area contributed by atoms with Crippen molar-refractivity contribution in [1.29, 1.82) is 0 Å². The van der Waals surface area contributed by atoms with Gasteiger partial charge >= 0.3 is 0 Å². The van der Waals surface area contributed by atoms with Gasteiger partial charge in [0.05, 0.1) is 0 Å². The second-order valence-corrected chi connectivity index (χ2v) is 2.99. The summed E-state index contributed by atoms with van der Waals surface area (Å²) in [6.07, 6.45) is 2.59. The van der Waals surface area contributed by atoms with Gasteiger partial charge in [0.25, 0.3) is 0 Å². The average Bonchev–Trinajstić information content (AvgIpc) is 2.18. The van der Waals surface area contributed by atoms with Gasteiger partial charge in [0, 0.05) is 12.1 Å². The van der Waals surface area contributed by atoms with Gasteiger partial charge in [-0.2, -0.15) is 0 Å². The zero-order chi connectivity index (χ0) is 10.4. The highest BCUT2D eigenvalue weighted by atomic mass is 19.1. The predicted molar refractivity (Wildman–Crippen MR) is 52.9 cm³/mol. The fraction of sp³-hybridized carbons (Fsp3) is 0.273. The molecule has 0 aromatic heterocycles. The van der Waals surface area contributed by atoms with Gasteiger partial charge in [-0.15, -0.1) is 6.58 Å². The summed E-state index contributed by atoms with van der Waals surface area (Å²) >= 11 is 0. The van der Waals surface area contributed by atoms with E-state index in [1.807, 2.05) is 0 Å². The lowest BCUT2D eigenvalue weighted by molar-refractivity contribution is 0.570. The summed E-state index contributed by atoms with van der Waals surface area (Å²) in [5.41, 5.74) is 0.356. The molecule has 1 nitrogen and oxygen atoms in total. The highest BCUT2D eigenvalue weighted by molar-refractivity contribution is 5.18. The number of hydrogen-bond acceptors (Lipinski definition) is 1. The van der Waals surface area contributed by atoms with E-state index in [9.17, 15) is 8.78 Å². The Morgan fingerprint density at radius 1 is 1.36 bits per heavy atom. The van der Waals surface area contributed by atoms with Crippen LogP contribution in [0.2, 0.25) is 0 Å². The molecule has 0 bridgehead atoms. The maximum absolute atomic E-state index is 13.1. The Balaban J connectivity index is 2.49. The third-order valence-electron chi connectivity index (χ3n) is 1.85. The van der Waals surface area contributed by atoms with Crippen molar-refractivity contribution in [3.8, 4) is 0 Å². The minimum absolute atomic E-state index is 0.345. The van der Waals surface area contributed by atoms with Crippen molar-refractivity contribution in [2.75, 3.05) is 6.54 Å². The molecule has 0 aliphatic heterocycles. The maximum Gasteiger partial charge on any atom is 0.127 e. The first-order chi connectivity index (χ1) is 6.74. The molecule has 1 rings (SSSR count). The molecule has 0 amide bonds. The first kappa shape index (κ1) is 10.9. The molecule has 1 N–H and O–H groups in total. The van der Waals surface area contributed by atoms with Crippen molar-refractivity contribution < 1.29 is 8.78 Å². The zero-order valence-corrected chi connectivity index (χ0v) is 7.89. The third kappa shape index (κ3) is 3.26. The van der Waals surface area contributed by atoms with Crippen molar-refractivity contribution in [3.63, 3.8) is 0 Å². The smallest absolute Gasteiger partial charge is 0.127 e. The lowest BCUT2D eigenvalue weighted by atomic mass is 10.2. The first-order valence-corrected chi connectivity index (χ1v) is 4.49. The SMILES string of the molecule is C=CCCNCc1cc(F)ccc1F. The van der Waals surface area contributed by atoms with Gasteiger partial charge in [0.1, 0.15) is 11.6 Å². The largest absolute Gasteiger partial charge is 0.312 e. The van der Waals surface area contributed by atoms with Crippen LogP contribution in [0, 0.1) is 11.6 Å². The molecule has 1 aromatic rings. The lowest BCUT2D eigenvalue weighted by Gasteiger charge is -2.04. The van der Waals surface area contributed by atoms with Gasteiger partial charge in [0.2, 0.25) is 0 Å². The van der Waals surface area contributed by atoms with E-state index in [1.165, 1.54) is 6.07 Å². The molecule has 3 heteroatoms. The van der Waals surface area contributed by atoms with Crippen molar-refractivity contribution in [2.24, 2.45) is 0 Å². The molecule has 0 heterocycles. The van der Waals surface area contributed by atoms with Crippen LogP contribution in [0.5, 0.6) is 0 Å². The maximum atomic E-state index is 13.1. The molecule has 76 valence electrons. The Bertz CT molecular complexity index is 310. The van der Waals surface area contributed by atoms with Gasteiger partial charge in [-0.3, -0.25) is 0 Å². The molecule has 0 spiro atoms. The fourth-order valence-electron chi connectivity index (χ4n) is 1.11. The number of nitrogens with one attached hydrogen (secondary N) is 1. The second kappa shape index (κ2) is 5.50. The van der Waals surface area contributed by atoms with Crippen molar-refractivity contribution in [3.05, 3.63) is 48.1 Å². The fourth-order valence-corrected chi connectivity index (χ4v) is 1.11. The number of hydrogen-bond donors (Lipinski definition) is 1. The highest BCUT2D eigenvalue weighted by Crippen LogP contribution is 2.08. The van der Waals surface area contributed by atoms with E-state index in [0.29, 0.717) is 12.1 Å². The summed E-state index contributed by atoms with van der Waals surface area (Å²) in [6, 6.07) is 3.46. The van der Waals surface area contributed by atoms with Crippen LogP contribution in [-0.2, 0) is 6.54 Å². The third-order valence-corrected chi connectivity index (χ3v) is 1.85. The zero-order valence-electron chi connectivity index (χ0n) is 7.89. The molecule has 14 heavy (non-hydrogen) atoms. The Morgan fingerprint density at radius 3 is 2.86 bits per heavy atom. The van der Waals surface area contributed by atoms with Crippen molar-refractivity contribution in [1.82, 2.24) is 5.32 Å². The number of rotatable bonds is 5. The van der Waals surface area contributed by atoms with Gasteiger partial charge in [-0.25, -0.2) is 8.78 Å². The van der Waals surface area contributed by atoms with E-state index in [-0.39, 0.29) is 5.82 Å². The number of benzene rings is 1. The van der Waals surface area contributed by atoms with Gasteiger partial charge in [-0.1, -0.05) is 6.08 Å². The van der Waals surface area contributed by atoms with Crippen LogP contribution in [0.25, 0.3) is 0 Å². The minimum Gasteiger partial charge on any atom is -0.312 e. The summed E-state index contributed by atoms with van der Waals surface area (Å²) in [4.78, 5) is 0. The monoisotopic (exact) mass is 197 g/mol. The van der Waals surface area contributed by atoms with Gasteiger partial charge in [0.15, 0.2) is 0 Å². The van der Waals surface area contributed by atoms with Gasteiger partial charge in [-0.05, 0) is 31.2 Å². The average molecular weight is 197 g/mol. The molecule has 0 radical (unpaired) electrons. The van der Waals surface area contributed by atoms with E-state index >= 15 is 0 Å². The van der Waals surface area contributed by atoms with Crippen LogP contribution in [0.1, 0.15) is 12.0 Å². The lowest BCUT2D eigenvalue weighted by Crippen LogP contribution is -2.15. The molecular formula is C11H13F2N. The van der Waals surface area contributed by atoms with E-state index in [2.05, 4.69) is 11.9 Å². The van der Waals surface area contributed by atoms with E-state index in [0.717, 1.165) is 25.1 Å². The molecule has 0 aliphatic rings. The molecule has 0 unspecified atom stereocenters.